The molecule has 1 aromatic carbocycles. The summed E-state index contributed by atoms with van der Waals surface area (Å²) in [7, 11) is 0. The number of allylic oxidation sites excluding steroid dienone is 2. The lowest BCUT2D eigenvalue weighted by Gasteiger charge is -2.37. The standard InChI is InChI=1S/C24H26N2O3/c27-22(25-10-3-1-2-4-11-25)14-6-5-7-15(12-14)26-23(28)20-16-8-9-17(19-13-18(16)19)21(20)24(26)29/h5-9,12,16-21H,1-4,10-11,13H2/t16-,17+,18-,19-,20+,21-/m1/s1. The van der Waals surface area contributed by atoms with Crippen molar-refractivity contribution in [2.24, 2.45) is 35.5 Å². The monoisotopic (exact) mass is 390 g/mol. The molecule has 0 aromatic heterocycles. The SMILES string of the molecule is O=C(c1cccc(N2C(=O)[C@@H]3[C@H]4C=C[C@H]([C@H]5C[C@H]45)[C@@H]3C2=O)c1)N1CCCCCC1. The zero-order valence-corrected chi connectivity index (χ0v) is 16.5. The van der Waals surface area contributed by atoms with Crippen molar-refractivity contribution in [2.75, 3.05) is 18.0 Å². The lowest BCUT2D eigenvalue weighted by Crippen LogP contribution is -2.40. The Morgan fingerprint density at radius 2 is 1.48 bits per heavy atom. The topological polar surface area (TPSA) is 57.7 Å². The number of carbonyl (C=O) groups is 3. The molecular weight excluding hydrogens is 364 g/mol. The summed E-state index contributed by atoms with van der Waals surface area (Å²) in [6, 6.07) is 7.14. The second kappa shape index (κ2) is 6.28. The van der Waals surface area contributed by atoms with Crippen LogP contribution in [0.3, 0.4) is 0 Å². The average molecular weight is 390 g/mol. The van der Waals surface area contributed by atoms with Gasteiger partial charge in [0, 0.05) is 18.7 Å². The number of hydrogen-bond acceptors (Lipinski definition) is 3. The number of nitrogens with zero attached hydrogens (tertiary/aromatic N) is 2. The second-order valence-corrected chi connectivity index (χ2v) is 9.42. The van der Waals surface area contributed by atoms with Gasteiger partial charge in [-0.3, -0.25) is 14.4 Å². The number of carbonyl (C=O) groups excluding carboxylic acids is 3. The molecule has 1 aromatic rings. The van der Waals surface area contributed by atoms with Crippen molar-refractivity contribution in [3.63, 3.8) is 0 Å². The van der Waals surface area contributed by atoms with Crippen LogP contribution in [-0.4, -0.2) is 35.7 Å². The van der Waals surface area contributed by atoms with E-state index in [-0.39, 0.29) is 41.4 Å². The van der Waals surface area contributed by atoms with E-state index in [2.05, 4.69) is 12.2 Å². The van der Waals surface area contributed by atoms with E-state index in [0.717, 1.165) is 32.4 Å². The van der Waals surface area contributed by atoms with Gasteiger partial charge in [0.1, 0.15) is 0 Å². The van der Waals surface area contributed by atoms with Gasteiger partial charge in [0.25, 0.3) is 5.91 Å². The van der Waals surface area contributed by atoms with Gasteiger partial charge in [-0.25, -0.2) is 4.90 Å². The van der Waals surface area contributed by atoms with Crippen LogP contribution in [0.5, 0.6) is 0 Å². The first-order valence-corrected chi connectivity index (χ1v) is 11.1. The molecule has 4 fully saturated rings. The Morgan fingerprint density at radius 1 is 0.862 bits per heavy atom. The molecule has 2 aliphatic heterocycles. The largest absolute Gasteiger partial charge is 0.339 e. The molecule has 5 heteroatoms. The van der Waals surface area contributed by atoms with E-state index >= 15 is 0 Å². The van der Waals surface area contributed by atoms with Gasteiger partial charge in [-0.15, -0.1) is 0 Å². The Kier molecular flexibility index (Phi) is 3.78. The molecule has 4 aliphatic carbocycles. The molecule has 0 spiro atoms. The lowest BCUT2D eigenvalue weighted by molar-refractivity contribution is -0.124. The minimum atomic E-state index is -0.203. The Labute approximate surface area is 170 Å². The molecule has 6 atom stereocenters. The molecule has 0 unspecified atom stereocenters. The molecule has 3 amide bonds. The summed E-state index contributed by atoms with van der Waals surface area (Å²) in [5.74, 6) is 1.10. The van der Waals surface area contributed by atoms with Gasteiger partial charge in [0.05, 0.1) is 17.5 Å². The first-order valence-electron chi connectivity index (χ1n) is 11.1. The summed E-state index contributed by atoms with van der Waals surface area (Å²) in [6.45, 7) is 1.57. The molecule has 2 saturated heterocycles. The van der Waals surface area contributed by atoms with E-state index in [9.17, 15) is 14.4 Å². The van der Waals surface area contributed by atoms with Crippen LogP contribution in [0.1, 0.15) is 42.5 Å². The van der Waals surface area contributed by atoms with Crippen LogP contribution in [-0.2, 0) is 9.59 Å². The van der Waals surface area contributed by atoms with Gasteiger partial charge in [-0.1, -0.05) is 31.1 Å². The highest BCUT2D eigenvalue weighted by atomic mass is 16.2. The molecule has 2 heterocycles. The van der Waals surface area contributed by atoms with Crippen LogP contribution in [0.15, 0.2) is 36.4 Å². The van der Waals surface area contributed by atoms with Gasteiger partial charge < -0.3 is 4.90 Å². The fourth-order valence-electron chi connectivity index (χ4n) is 6.45. The zero-order valence-electron chi connectivity index (χ0n) is 16.5. The van der Waals surface area contributed by atoms with Crippen LogP contribution in [0, 0.1) is 35.5 Å². The maximum atomic E-state index is 13.3. The summed E-state index contributed by atoms with van der Waals surface area (Å²) in [4.78, 5) is 42.9. The molecule has 150 valence electrons. The molecule has 2 saturated carbocycles. The van der Waals surface area contributed by atoms with Crippen LogP contribution in [0.25, 0.3) is 0 Å². The quantitative estimate of drug-likeness (QED) is 0.575. The molecule has 5 nitrogen and oxygen atoms in total. The molecule has 6 aliphatic rings. The molecule has 2 bridgehead atoms. The average Bonchev–Trinajstić information content (AvgIpc) is 3.55. The summed E-state index contributed by atoms with van der Waals surface area (Å²) < 4.78 is 0. The summed E-state index contributed by atoms with van der Waals surface area (Å²) in [5, 5.41) is 0. The normalized spacial score (nSPS) is 37.4. The molecule has 0 N–H and O–H groups in total. The third-order valence-corrected chi connectivity index (χ3v) is 7.91. The molecule has 7 rings (SSSR count). The van der Waals surface area contributed by atoms with E-state index in [1.165, 1.54) is 17.7 Å². The van der Waals surface area contributed by atoms with Crippen LogP contribution in [0.4, 0.5) is 5.69 Å². The van der Waals surface area contributed by atoms with Gasteiger partial charge in [-0.05, 0) is 61.1 Å². The number of likely N-dealkylation sites (tertiary alicyclic amines) is 1. The fraction of sp³-hybridized carbons (Fsp3) is 0.542. The molecule has 29 heavy (non-hydrogen) atoms. The summed E-state index contributed by atoms with van der Waals surface area (Å²) in [6.07, 6.45) is 9.95. The van der Waals surface area contributed by atoms with Crippen LogP contribution >= 0.6 is 0 Å². The van der Waals surface area contributed by atoms with Crippen molar-refractivity contribution in [3.05, 3.63) is 42.0 Å². The molecular formula is C24H26N2O3. The van der Waals surface area contributed by atoms with Gasteiger partial charge >= 0.3 is 0 Å². The highest BCUT2D eigenvalue weighted by Crippen LogP contribution is 2.65. The van der Waals surface area contributed by atoms with Gasteiger partial charge in [0.2, 0.25) is 11.8 Å². The van der Waals surface area contributed by atoms with Crippen molar-refractivity contribution in [2.45, 2.75) is 32.1 Å². The van der Waals surface area contributed by atoms with Gasteiger partial charge in [0.15, 0.2) is 0 Å². The first-order chi connectivity index (χ1) is 14.1. The van der Waals surface area contributed by atoms with E-state index in [1.807, 2.05) is 4.90 Å². The van der Waals surface area contributed by atoms with Crippen molar-refractivity contribution in [1.82, 2.24) is 4.90 Å². The second-order valence-electron chi connectivity index (χ2n) is 9.42. The maximum Gasteiger partial charge on any atom is 0.253 e. The Hall–Kier alpha value is -2.43. The Bertz CT molecular complexity index is 894. The summed E-state index contributed by atoms with van der Waals surface area (Å²) in [5.41, 5.74) is 1.13. The smallest absolute Gasteiger partial charge is 0.253 e. The van der Waals surface area contributed by atoms with Gasteiger partial charge in [-0.2, -0.15) is 0 Å². The van der Waals surface area contributed by atoms with Crippen molar-refractivity contribution >= 4 is 23.4 Å². The number of imide groups is 1. The first kappa shape index (κ1) is 17.4. The zero-order chi connectivity index (χ0) is 19.7. The van der Waals surface area contributed by atoms with E-state index in [4.69, 9.17) is 0 Å². The van der Waals surface area contributed by atoms with Crippen LogP contribution < -0.4 is 4.90 Å². The number of anilines is 1. The predicted molar refractivity (Wildman–Crippen MR) is 108 cm³/mol. The summed E-state index contributed by atoms with van der Waals surface area (Å²) >= 11 is 0. The van der Waals surface area contributed by atoms with Crippen molar-refractivity contribution < 1.29 is 14.4 Å². The lowest BCUT2D eigenvalue weighted by atomic mass is 9.63. The third-order valence-electron chi connectivity index (χ3n) is 7.91. The minimum Gasteiger partial charge on any atom is -0.339 e. The minimum absolute atomic E-state index is 0.00763. The van der Waals surface area contributed by atoms with Crippen molar-refractivity contribution in [3.8, 4) is 0 Å². The molecule has 0 radical (unpaired) electrons. The predicted octanol–water partition coefficient (Wildman–Crippen LogP) is 3.26. The number of hydrogen-bond donors (Lipinski definition) is 0. The van der Waals surface area contributed by atoms with E-state index in [1.54, 1.807) is 24.3 Å². The number of amides is 3. The number of benzene rings is 1. The third kappa shape index (κ3) is 2.49. The number of rotatable bonds is 2. The Morgan fingerprint density at radius 3 is 2.10 bits per heavy atom. The van der Waals surface area contributed by atoms with E-state index < -0.39 is 0 Å². The maximum absolute atomic E-state index is 13.3. The van der Waals surface area contributed by atoms with E-state index in [0.29, 0.717) is 23.1 Å². The fourth-order valence-corrected chi connectivity index (χ4v) is 6.45. The highest BCUT2D eigenvalue weighted by molar-refractivity contribution is 6.23. The van der Waals surface area contributed by atoms with Crippen LogP contribution in [0.2, 0.25) is 0 Å². The van der Waals surface area contributed by atoms with Crippen molar-refractivity contribution in [1.29, 1.82) is 0 Å². The Balaban J connectivity index is 1.30. The highest BCUT2D eigenvalue weighted by Gasteiger charge is 2.67.